The van der Waals surface area contributed by atoms with Crippen LogP contribution in [-0.4, -0.2) is 96.9 Å². The minimum Gasteiger partial charge on any atom is -0.493 e. The van der Waals surface area contributed by atoms with E-state index in [0.717, 1.165) is 30.4 Å². The molecule has 3 aliphatic heterocycles. The Labute approximate surface area is 304 Å². The van der Waals surface area contributed by atoms with Gasteiger partial charge in [0.05, 0.1) is 31.6 Å². The van der Waals surface area contributed by atoms with E-state index in [0.29, 0.717) is 44.6 Å². The van der Waals surface area contributed by atoms with Gasteiger partial charge in [-0.05, 0) is 67.9 Å². The molecule has 15 nitrogen and oxygen atoms in total. The van der Waals surface area contributed by atoms with Gasteiger partial charge in [-0.25, -0.2) is 18.0 Å². The molecule has 2 aliphatic carbocycles. The Morgan fingerprint density at radius 2 is 1.73 bits per heavy atom. The molecule has 286 valence electrons. The molecule has 16 heteroatoms. The van der Waals surface area contributed by atoms with Gasteiger partial charge in [0.2, 0.25) is 21.8 Å². The predicted molar refractivity (Wildman–Crippen MR) is 187 cm³/mol. The third-order valence-corrected chi connectivity index (χ3v) is 12.6. The Balaban J connectivity index is 1.25. The number of sulfonamides is 1. The van der Waals surface area contributed by atoms with Crippen LogP contribution in [0.5, 0.6) is 5.75 Å². The zero-order valence-electron chi connectivity index (χ0n) is 30.4. The highest BCUT2D eigenvalue weighted by molar-refractivity contribution is 7.91. The minimum absolute atomic E-state index is 0.0748. The number of amides is 5. The van der Waals surface area contributed by atoms with Crippen molar-refractivity contribution in [1.29, 1.82) is 0 Å². The zero-order chi connectivity index (χ0) is 37.4. The molecule has 0 aromatic heterocycles. The van der Waals surface area contributed by atoms with Crippen LogP contribution < -0.4 is 20.1 Å². The lowest BCUT2D eigenvalue weighted by atomic mass is 9.85. The van der Waals surface area contributed by atoms with E-state index in [2.05, 4.69) is 15.4 Å². The Morgan fingerprint density at radius 1 is 1.02 bits per heavy atom. The molecule has 1 aromatic carbocycles. The molecular weight excluding hydrogens is 694 g/mol. The van der Waals surface area contributed by atoms with Gasteiger partial charge in [0.25, 0.3) is 5.91 Å². The van der Waals surface area contributed by atoms with Crippen molar-refractivity contribution >= 4 is 39.9 Å². The van der Waals surface area contributed by atoms with E-state index < -0.39 is 74.3 Å². The van der Waals surface area contributed by atoms with E-state index in [9.17, 15) is 32.4 Å². The minimum atomic E-state index is -3.88. The molecule has 2 saturated carbocycles. The maximum absolute atomic E-state index is 14.4. The van der Waals surface area contributed by atoms with Crippen LogP contribution in [0.3, 0.4) is 0 Å². The molecule has 5 aliphatic rings. The molecule has 5 amide bonds. The smallest absolute Gasteiger partial charge is 0.410 e. The van der Waals surface area contributed by atoms with E-state index in [-0.39, 0.29) is 38.5 Å². The highest BCUT2D eigenvalue weighted by Crippen LogP contribution is 2.47. The molecule has 1 aromatic rings. The summed E-state index contributed by atoms with van der Waals surface area (Å²) < 4.78 is 45.0. The number of benzene rings is 1. The van der Waals surface area contributed by atoms with E-state index >= 15 is 0 Å². The second-order valence-corrected chi connectivity index (χ2v) is 17.7. The summed E-state index contributed by atoms with van der Waals surface area (Å²) >= 11 is 0. The third kappa shape index (κ3) is 8.11. The number of hydrogen-bond donors (Lipinski definition) is 3. The Morgan fingerprint density at radius 3 is 2.38 bits per heavy atom. The van der Waals surface area contributed by atoms with Gasteiger partial charge in [-0.1, -0.05) is 46.2 Å². The first-order valence-electron chi connectivity index (χ1n) is 18.4. The van der Waals surface area contributed by atoms with E-state index in [4.69, 9.17) is 14.2 Å². The lowest BCUT2D eigenvalue weighted by Gasteiger charge is -2.35. The highest BCUT2D eigenvalue weighted by Gasteiger charge is 2.62. The average Bonchev–Trinajstić information content (AvgIpc) is 3.97. The van der Waals surface area contributed by atoms with Gasteiger partial charge in [-0.3, -0.25) is 24.0 Å². The van der Waals surface area contributed by atoms with Crippen molar-refractivity contribution < 1.29 is 46.6 Å². The third-order valence-electron chi connectivity index (χ3n) is 10.8. The van der Waals surface area contributed by atoms with Gasteiger partial charge in [0, 0.05) is 18.5 Å². The highest BCUT2D eigenvalue weighted by atomic mass is 32.2. The van der Waals surface area contributed by atoms with Gasteiger partial charge in [-0.2, -0.15) is 0 Å². The summed E-state index contributed by atoms with van der Waals surface area (Å²) in [5.74, 6) is -1.67. The van der Waals surface area contributed by atoms with Crippen molar-refractivity contribution in [2.45, 2.75) is 128 Å². The summed E-state index contributed by atoms with van der Waals surface area (Å²) in [4.78, 5) is 71.4. The van der Waals surface area contributed by atoms with Crippen LogP contribution in [0.25, 0.3) is 0 Å². The molecular formula is C36H51N5O10S. The number of rotatable bonds is 6. The molecule has 5 atom stereocenters. The van der Waals surface area contributed by atoms with Gasteiger partial charge in [0.15, 0.2) is 0 Å². The first-order chi connectivity index (χ1) is 24.6. The molecule has 1 unspecified atom stereocenters. The largest absolute Gasteiger partial charge is 0.493 e. The number of fused-ring (bicyclic) bond motifs is 3. The number of nitrogens with one attached hydrogen (secondary N) is 3. The number of carbonyl (C=O) groups excluding carboxylic acids is 5. The van der Waals surface area contributed by atoms with Crippen molar-refractivity contribution in [2.24, 2.45) is 11.3 Å². The molecule has 3 N–H and O–H groups in total. The zero-order valence-corrected chi connectivity index (χ0v) is 31.2. The molecule has 3 fully saturated rings. The molecule has 4 bridgehead atoms. The Kier molecular flexibility index (Phi) is 10.7. The van der Waals surface area contributed by atoms with Crippen LogP contribution >= 0.6 is 0 Å². The molecule has 1 saturated heterocycles. The van der Waals surface area contributed by atoms with Gasteiger partial charge < -0.3 is 29.7 Å². The normalized spacial score (nSPS) is 28.8. The van der Waals surface area contributed by atoms with Crippen molar-refractivity contribution in [3.8, 4) is 5.75 Å². The number of cyclic esters (lactones) is 1. The summed E-state index contributed by atoms with van der Waals surface area (Å²) in [7, 11) is -3.88. The summed E-state index contributed by atoms with van der Waals surface area (Å²) in [5, 5.41) is 4.88. The maximum atomic E-state index is 14.4. The van der Waals surface area contributed by atoms with Crippen LogP contribution in [0.2, 0.25) is 0 Å². The standard InChI is InChI=1S/C36H51N5O10S/c1-5-23-18-36(23,32(44)39-52(47,48)25-13-14-25)38-30(42)27-17-24-20-41(27)31(43)29(35(2,3)4)37-33(45)50-16-9-7-6-8-15-49-28-12-10-11-22-19-40(21-26(22)28)34(46)51-24/h10-12,23-25,27,29H,5-9,13-21H2,1-4H3,(H,37,45)(H,38,42)(H,39,44)/t23-,24+,27?,29+,36-/m0/s1. The summed E-state index contributed by atoms with van der Waals surface area (Å²) in [6, 6.07) is 3.39. The Hall–Kier alpha value is -4.08. The van der Waals surface area contributed by atoms with Crippen LogP contribution in [0.4, 0.5) is 9.59 Å². The van der Waals surface area contributed by atoms with Gasteiger partial charge in [-0.15, -0.1) is 0 Å². The van der Waals surface area contributed by atoms with Gasteiger partial charge >= 0.3 is 12.2 Å². The van der Waals surface area contributed by atoms with Crippen LogP contribution in [0.15, 0.2) is 18.2 Å². The van der Waals surface area contributed by atoms with Crippen molar-refractivity contribution in [2.75, 3.05) is 19.8 Å². The summed E-state index contributed by atoms with van der Waals surface area (Å²) in [6.45, 7) is 8.27. The molecule has 3 heterocycles. The first kappa shape index (κ1) is 37.7. The first-order valence-corrected chi connectivity index (χ1v) is 20.0. The molecule has 0 spiro atoms. The molecule has 0 radical (unpaired) electrons. The molecule has 52 heavy (non-hydrogen) atoms. The van der Waals surface area contributed by atoms with Crippen LogP contribution in [0.1, 0.15) is 96.6 Å². The summed E-state index contributed by atoms with van der Waals surface area (Å²) in [5.41, 5.74) is -0.437. The monoisotopic (exact) mass is 745 g/mol. The summed E-state index contributed by atoms with van der Waals surface area (Å²) in [6.07, 6.45) is 2.42. The van der Waals surface area contributed by atoms with Crippen molar-refractivity contribution in [1.82, 2.24) is 25.2 Å². The van der Waals surface area contributed by atoms with Crippen LogP contribution in [0, 0.1) is 11.3 Å². The Bertz CT molecular complexity index is 1690. The second kappa shape index (κ2) is 14.7. The second-order valence-electron chi connectivity index (χ2n) is 15.8. The lowest BCUT2D eigenvalue weighted by molar-refractivity contribution is -0.143. The fourth-order valence-electron chi connectivity index (χ4n) is 7.42. The van der Waals surface area contributed by atoms with E-state index in [1.165, 1.54) is 4.90 Å². The lowest BCUT2D eigenvalue weighted by Crippen LogP contribution is -2.60. The fourth-order valence-corrected chi connectivity index (χ4v) is 8.79. The number of carbonyl (C=O) groups is 5. The number of nitrogens with zero attached hydrogens (tertiary/aromatic N) is 2. The van der Waals surface area contributed by atoms with Crippen molar-refractivity contribution in [3.63, 3.8) is 0 Å². The quantitative estimate of drug-likeness (QED) is 0.390. The SMILES string of the molecule is CC[C@H]1C[C@@]1(NC(=O)C1C[C@@H]2CN1C(=O)[C@H](C(C)(C)C)NC(=O)OCCCCCCOc1cccc3c1CN(C3)C(=O)O2)C(=O)NS(=O)(=O)C1CC1. The van der Waals surface area contributed by atoms with E-state index in [1.807, 2.05) is 25.1 Å². The van der Waals surface area contributed by atoms with E-state index in [1.54, 1.807) is 25.7 Å². The topological polar surface area (TPSA) is 190 Å². The number of alkyl carbamates (subject to hydrolysis) is 1. The number of ether oxygens (including phenoxy) is 3. The van der Waals surface area contributed by atoms with Crippen molar-refractivity contribution in [3.05, 3.63) is 29.3 Å². The fraction of sp³-hybridized carbons (Fsp3) is 0.694. The number of hydrogen-bond acceptors (Lipinski definition) is 10. The predicted octanol–water partition coefficient (Wildman–Crippen LogP) is 3.10. The molecule has 6 rings (SSSR count). The maximum Gasteiger partial charge on any atom is 0.410 e. The average molecular weight is 746 g/mol. The van der Waals surface area contributed by atoms with Crippen LogP contribution in [-0.2, 0) is 47.0 Å². The van der Waals surface area contributed by atoms with Gasteiger partial charge in [0.1, 0.15) is 29.5 Å².